The molecule has 0 fully saturated rings. The summed E-state index contributed by atoms with van der Waals surface area (Å²) in [5.41, 5.74) is 13.3. The minimum atomic E-state index is -0.0594. The first-order valence-electron chi connectivity index (χ1n) is 9.34. The van der Waals surface area contributed by atoms with Crippen LogP contribution in [0.3, 0.4) is 0 Å². The zero-order valence-electron chi connectivity index (χ0n) is 16.8. The molecule has 0 unspecified atom stereocenters. The van der Waals surface area contributed by atoms with Crippen molar-refractivity contribution >= 4 is 35.1 Å². The minimum Gasteiger partial charge on any atom is -0.378 e. The lowest BCUT2D eigenvalue weighted by Gasteiger charge is -2.11. The van der Waals surface area contributed by atoms with Crippen LogP contribution in [-0.2, 0) is 0 Å². The molecular weight excluding hydrogens is 374 g/mol. The average molecular weight is 395 g/mol. The molecule has 0 saturated heterocycles. The number of carbonyl (C=O) groups is 1. The fourth-order valence-corrected chi connectivity index (χ4v) is 2.69. The van der Waals surface area contributed by atoms with Crippen molar-refractivity contribution in [2.45, 2.75) is 0 Å². The standard InChI is InChI=1S/C24H21N5O/c1-29(2)23-14-5-18(6-15-23)7-16-24(30)20-8-12-21(13-9-20)26-17-19-3-10-22(11-4-19)27-28-25/h3-17H,1-2H3. The Morgan fingerprint density at radius 1 is 0.867 bits per heavy atom. The molecule has 0 heterocycles. The Bertz CT molecular complexity index is 1110. The number of azide groups is 1. The Kier molecular flexibility index (Phi) is 6.77. The summed E-state index contributed by atoms with van der Waals surface area (Å²) in [6.45, 7) is 0. The Morgan fingerprint density at radius 3 is 2.07 bits per heavy atom. The number of ketones is 1. The fraction of sp³-hybridized carbons (Fsp3) is 0.0833. The van der Waals surface area contributed by atoms with Gasteiger partial charge < -0.3 is 4.90 Å². The maximum atomic E-state index is 12.4. The van der Waals surface area contributed by atoms with Crippen molar-refractivity contribution in [1.29, 1.82) is 0 Å². The van der Waals surface area contributed by atoms with Gasteiger partial charge in [0, 0.05) is 42.2 Å². The molecule has 0 aliphatic rings. The average Bonchev–Trinajstić information content (AvgIpc) is 2.78. The van der Waals surface area contributed by atoms with Crippen molar-refractivity contribution < 1.29 is 4.79 Å². The van der Waals surface area contributed by atoms with Gasteiger partial charge in [0.05, 0.1) is 5.69 Å². The molecule has 0 radical (unpaired) electrons. The van der Waals surface area contributed by atoms with Gasteiger partial charge in [-0.05, 0) is 59.1 Å². The maximum absolute atomic E-state index is 12.4. The fourth-order valence-electron chi connectivity index (χ4n) is 2.69. The van der Waals surface area contributed by atoms with Gasteiger partial charge in [0.2, 0.25) is 0 Å². The van der Waals surface area contributed by atoms with E-state index in [2.05, 4.69) is 15.0 Å². The second kappa shape index (κ2) is 9.87. The molecule has 0 amide bonds. The van der Waals surface area contributed by atoms with Crippen LogP contribution < -0.4 is 4.90 Å². The van der Waals surface area contributed by atoms with Gasteiger partial charge in [-0.15, -0.1) is 0 Å². The second-order valence-corrected chi connectivity index (χ2v) is 6.77. The normalized spacial score (nSPS) is 10.9. The highest BCUT2D eigenvalue weighted by Crippen LogP contribution is 2.17. The van der Waals surface area contributed by atoms with E-state index in [-0.39, 0.29) is 5.78 Å². The monoisotopic (exact) mass is 395 g/mol. The molecule has 3 aromatic rings. The highest BCUT2D eigenvalue weighted by Gasteiger charge is 2.02. The van der Waals surface area contributed by atoms with Crippen LogP contribution in [0.1, 0.15) is 21.5 Å². The Morgan fingerprint density at radius 2 is 1.47 bits per heavy atom. The quantitative estimate of drug-likeness (QED) is 0.117. The summed E-state index contributed by atoms with van der Waals surface area (Å²) in [4.78, 5) is 21.6. The van der Waals surface area contributed by atoms with Crippen LogP contribution in [0, 0.1) is 0 Å². The number of benzene rings is 3. The van der Waals surface area contributed by atoms with Crippen LogP contribution in [-0.4, -0.2) is 26.1 Å². The van der Waals surface area contributed by atoms with E-state index < -0.39 is 0 Å². The van der Waals surface area contributed by atoms with Gasteiger partial charge in [0.25, 0.3) is 0 Å². The lowest BCUT2D eigenvalue weighted by Crippen LogP contribution is -2.07. The predicted molar refractivity (Wildman–Crippen MR) is 123 cm³/mol. The van der Waals surface area contributed by atoms with Crippen LogP contribution >= 0.6 is 0 Å². The molecule has 0 N–H and O–H groups in total. The summed E-state index contributed by atoms with van der Waals surface area (Å²) in [5.74, 6) is -0.0594. The largest absolute Gasteiger partial charge is 0.378 e. The summed E-state index contributed by atoms with van der Waals surface area (Å²) in [6, 6.07) is 22.2. The van der Waals surface area contributed by atoms with E-state index >= 15 is 0 Å². The molecule has 0 aliphatic carbocycles. The van der Waals surface area contributed by atoms with Gasteiger partial charge >= 0.3 is 0 Å². The van der Waals surface area contributed by atoms with Crippen LogP contribution in [0.5, 0.6) is 0 Å². The van der Waals surface area contributed by atoms with Crippen LogP contribution in [0.4, 0.5) is 17.1 Å². The van der Waals surface area contributed by atoms with Crippen LogP contribution in [0.25, 0.3) is 16.5 Å². The van der Waals surface area contributed by atoms with Gasteiger partial charge in [-0.1, -0.05) is 47.6 Å². The molecule has 30 heavy (non-hydrogen) atoms. The number of rotatable bonds is 7. The van der Waals surface area contributed by atoms with Crippen molar-refractivity contribution in [2.75, 3.05) is 19.0 Å². The number of allylic oxidation sites excluding steroid dienone is 1. The molecule has 6 nitrogen and oxygen atoms in total. The Balaban J connectivity index is 1.62. The summed E-state index contributed by atoms with van der Waals surface area (Å²) in [6.07, 6.45) is 5.11. The molecule has 3 rings (SSSR count). The van der Waals surface area contributed by atoms with Crippen molar-refractivity contribution in [2.24, 2.45) is 10.1 Å². The van der Waals surface area contributed by atoms with Gasteiger partial charge in [0.15, 0.2) is 5.78 Å². The number of hydrogen-bond acceptors (Lipinski definition) is 4. The van der Waals surface area contributed by atoms with Gasteiger partial charge in [-0.3, -0.25) is 9.79 Å². The van der Waals surface area contributed by atoms with E-state index in [4.69, 9.17) is 5.53 Å². The lowest BCUT2D eigenvalue weighted by atomic mass is 10.1. The zero-order valence-corrected chi connectivity index (χ0v) is 16.8. The molecule has 0 aliphatic heterocycles. The summed E-state index contributed by atoms with van der Waals surface area (Å²) in [5, 5.41) is 3.53. The van der Waals surface area contributed by atoms with Crippen molar-refractivity contribution in [1.82, 2.24) is 0 Å². The number of aliphatic imine (C=N–C) groups is 1. The SMILES string of the molecule is CN(C)c1ccc(C=CC(=O)c2ccc(N=Cc3ccc(N=[N+]=[N-])cc3)cc2)cc1. The van der Waals surface area contributed by atoms with Crippen LogP contribution in [0.15, 0.2) is 89.0 Å². The lowest BCUT2D eigenvalue weighted by molar-refractivity contribution is 0.104. The molecule has 0 bridgehead atoms. The Hall–Kier alpha value is -4.15. The third-order valence-corrected chi connectivity index (χ3v) is 4.40. The van der Waals surface area contributed by atoms with Crippen LogP contribution in [0.2, 0.25) is 0 Å². The third-order valence-electron chi connectivity index (χ3n) is 4.40. The summed E-state index contributed by atoms with van der Waals surface area (Å²) < 4.78 is 0. The first kappa shape index (κ1) is 20.6. The molecule has 148 valence electrons. The summed E-state index contributed by atoms with van der Waals surface area (Å²) >= 11 is 0. The molecule has 0 spiro atoms. The van der Waals surface area contributed by atoms with Gasteiger partial charge in [-0.25, -0.2) is 0 Å². The van der Waals surface area contributed by atoms with E-state index in [1.165, 1.54) is 0 Å². The Labute approximate surface area is 175 Å². The second-order valence-electron chi connectivity index (χ2n) is 6.77. The van der Waals surface area contributed by atoms with Crippen molar-refractivity contribution in [3.8, 4) is 0 Å². The number of nitrogens with zero attached hydrogens (tertiary/aromatic N) is 5. The molecular formula is C24H21N5O. The molecule has 3 aromatic carbocycles. The third kappa shape index (κ3) is 5.67. The highest BCUT2D eigenvalue weighted by molar-refractivity contribution is 6.07. The minimum absolute atomic E-state index is 0.0594. The zero-order chi connectivity index (χ0) is 21.3. The summed E-state index contributed by atoms with van der Waals surface area (Å²) in [7, 11) is 3.98. The predicted octanol–water partition coefficient (Wildman–Crippen LogP) is 6.34. The highest BCUT2D eigenvalue weighted by atomic mass is 16.1. The number of anilines is 1. The van der Waals surface area contributed by atoms with E-state index in [1.54, 1.807) is 48.7 Å². The molecule has 0 atom stereocenters. The first-order valence-corrected chi connectivity index (χ1v) is 9.34. The smallest absolute Gasteiger partial charge is 0.185 e. The van der Waals surface area contributed by atoms with Gasteiger partial charge in [0.1, 0.15) is 0 Å². The molecule has 0 saturated carbocycles. The van der Waals surface area contributed by atoms with Gasteiger partial charge in [-0.2, -0.15) is 0 Å². The van der Waals surface area contributed by atoms with E-state index in [0.29, 0.717) is 11.3 Å². The van der Waals surface area contributed by atoms with E-state index in [0.717, 1.165) is 22.5 Å². The maximum Gasteiger partial charge on any atom is 0.185 e. The first-order chi connectivity index (χ1) is 14.5. The number of hydrogen-bond donors (Lipinski definition) is 0. The van der Waals surface area contributed by atoms with Crippen molar-refractivity contribution in [3.63, 3.8) is 0 Å². The van der Waals surface area contributed by atoms with E-state index in [1.807, 2.05) is 61.5 Å². The molecule has 6 heteroatoms. The molecule has 0 aromatic heterocycles. The van der Waals surface area contributed by atoms with Crippen molar-refractivity contribution in [3.05, 3.63) is 106 Å². The van der Waals surface area contributed by atoms with E-state index in [9.17, 15) is 4.79 Å². The number of carbonyl (C=O) groups excluding carboxylic acids is 1. The topological polar surface area (TPSA) is 81.4 Å².